The number of nitrogens with zero attached hydrogens (tertiary/aromatic N) is 4. The van der Waals surface area contributed by atoms with E-state index in [9.17, 15) is 23.6 Å². The van der Waals surface area contributed by atoms with E-state index in [1.54, 1.807) is 6.07 Å². The zero-order valence-corrected chi connectivity index (χ0v) is 16.0. The van der Waals surface area contributed by atoms with Gasteiger partial charge in [-0.15, -0.1) is 0 Å². The largest absolute Gasteiger partial charge is 0.372 e. The molecule has 2 amide bonds. The Morgan fingerprint density at radius 2 is 2.00 bits per heavy atom. The van der Waals surface area contributed by atoms with Crippen LogP contribution in [-0.2, 0) is 9.59 Å². The molecule has 0 radical (unpaired) electrons. The SMILES string of the molecule is CC(Nc1cc(-c2cnc(NC(=O)C3CC3)cn2)cnc1C#N)C(=O)NCC(F)F. The number of halogens is 2. The van der Waals surface area contributed by atoms with Gasteiger partial charge in [-0.2, -0.15) is 5.26 Å². The van der Waals surface area contributed by atoms with E-state index in [0.717, 1.165) is 12.8 Å². The molecule has 3 N–H and O–H groups in total. The number of nitrogens with one attached hydrogen (secondary N) is 3. The number of anilines is 2. The molecule has 0 saturated heterocycles. The Labute approximate surface area is 170 Å². The molecule has 2 aromatic rings. The Hall–Kier alpha value is -3.68. The van der Waals surface area contributed by atoms with E-state index in [2.05, 4.69) is 30.9 Å². The fourth-order valence-corrected chi connectivity index (χ4v) is 2.55. The lowest BCUT2D eigenvalue weighted by atomic mass is 10.1. The lowest BCUT2D eigenvalue weighted by Gasteiger charge is -2.16. The third-order valence-electron chi connectivity index (χ3n) is 4.34. The second-order valence-corrected chi connectivity index (χ2v) is 6.78. The maximum Gasteiger partial charge on any atom is 0.255 e. The lowest BCUT2D eigenvalue weighted by molar-refractivity contribution is -0.122. The molecule has 0 bridgehead atoms. The summed E-state index contributed by atoms with van der Waals surface area (Å²) in [7, 11) is 0. The van der Waals surface area contributed by atoms with Crippen molar-refractivity contribution >= 4 is 23.3 Å². The smallest absolute Gasteiger partial charge is 0.255 e. The number of aromatic nitrogens is 3. The van der Waals surface area contributed by atoms with Gasteiger partial charge in [0.2, 0.25) is 11.8 Å². The van der Waals surface area contributed by atoms with E-state index in [1.807, 2.05) is 6.07 Å². The van der Waals surface area contributed by atoms with Crippen molar-refractivity contribution in [3.63, 3.8) is 0 Å². The first-order valence-corrected chi connectivity index (χ1v) is 9.23. The van der Waals surface area contributed by atoms with Crippen LogP contribution in [0, 0.1) is 17.2 Å². The van der Waals surface area contributed by atoms with Crippen LogP contribution < -0.4 is 16.0 Å². The van der Waals surface area contributed by atoms with Crippen molar-refractivity contribution in [1.29, 1.82) is 5.26 Å². The lowest BCUT2D eigenvalue weighted by Crippen LogP contribution is -2.39. The van der Waals surface area contributed by atoms with Crippen LogP contribution in [0.1, 0.15) is 25.5 Å². The van der Waals surface area contributed by atoms with Gasteiger partial charge < -0.3 is 16.0 Å². The van der Waals surface area contributed by atoms with Gasteiger partial charge in [-0.25, -0.2) is 18.7 Å². The van der Waals surface area contributed by atoms with E-state index in [4.69, 9.17) is 0 Å². The molecule has 1 aliphatic rings. The summed E-state index contributed by atoms with van der Waals surface area (Å²) in [5.74, 6) is -0.342. The van der Waals surface area contributed by atoms with Gasteiger partial charge in [0.05, 0.1) is 30.3 Å². The second kappa shape index (κ2) is 9.21. The van der Waals surface area contributed by atoms with Gasteiger partial charge in [-0.05, 0) is 25.8 Å². The minimum absolute atomic E-state index is 0.0357. The molecule has 1 aliphatic carbocycles. The molecule has 0 aromatic carbocycles. The van der Waals surface area contributed by atoms with Crippen LogP contribution in [0.25, 0.3) is 11.3 Å². The van der Waals surface area contributed by atoms with E-state index < -0.39 is 24.9 Å². The summed E-state index contributed by atoms with van der Waals surface area (Å²) in [6, 6.07) is 2.60. The molecule has 2 heterocycles. The van der Waals surface area contributed by atoms with Crippen molar-refractivity contribution in [3.8, 4) is 17.3 Å². The average Bonchev–Trinajstić information content (AvgIpc) is 3.58. The molecule has 11 heteroatoms. The molecule has 1 atom stereocenters. The number of carbonyl (C=O) groups is 2. The summed E-state index contributed by atoms with van der Waals surface area (Å²) >= 11 is 0. The molecule has 9 nitrogen and oxygen atoms in total. The summed E-state index contributed by atoms with van der Waals surface area (Å²) in [6.07, 6.45) is 3.40. The highest BCUT2D eigenvalue weighted by atomic mass is 19.3. The topological polar surface area (TPSA) is 133 Å². The molecular weight excluding hydrogens is 396 g/mol. The van der Waals surface area contributed by atoms with Gasteiger partial charge in [0.25, 0.3) is 6.43 Å². The van der Waals surface area contributed by atoms with E-state index in [0.29, 0.717) is 17.1 Å². The van der Waals surface area contributed by atoms with Crippen LogP contribution in [0.3, 0.4) is 0 Å². The van der Waals surface area contributed by atoms with Crippen LogP contribution in [0.2, 0.25) is 0 Å². The van der Waals surface area contributed by atoms with Gasteiger partial charge >= 0.3 is 0 Å². The minimum atomic E-state index is -2.66. The Morgan fingerprint density at radius 3 is 2.60 bits per heavy atom. The molecule has 30 heavy (non-hydrogen) atoms. The number of amides is 2. The summed E-state index contributed by atoms with van der Waals surface area (Å²) in [5.41, 5.74) is 1.25. The molecular formula is C19H19F2N7O2. The number of nitriles is 1. The van der Waals surface area contributed by atoms with Crippen LogP contribution >= 0.6 is 0 Å². The predicted octanol–water partition coefficient (Wildman–Crippen LogP) is 1.94. The standard InChI is InChI=1S/C19H19F2N7O2/c1-10(18(29)26-8-16(20)21)27-13-4-12(6-23-14(13)5-22)15-7-25-17(9-24-15)28-19(30)11-2-3-11/h4,6-7,9-11,16,27H,2-3,8H2,1H3,(H,26,29)(H,25,28,30). The summed E-state index contributed by atoms with van der Waals surface area (Å²) in [5, 5.41) is 16.9. The van der Waals surface area contributed by atoms with Crippen LogP contribution in [0.4, 0.5) is 20.3 Å². The van der Waals surface area contributed by atoms with E-state index in [1.165, 1.54) is 25.5 Å². The molecule has 156 valence electrons. The number of alkyl halides is 2. The van der Waals surface area contributed by atoms with Crippen molar-refractivity contribution in [2.75, 3.05) is 17.2 Å². The third-order valence-corrected chi connectivity index (χ3v) is 4.34. The number of hydrogen-bond donors (Lipinski definition) is 3. The fraction of sp³-hybridized carbons (Fsp3) is 0.368. The van der Waals surface area contributed by atoms with Crippen molar-refractivity contribution in [2.24, 2.45) is 5.92 Å². The highest BCUT2D eigenvalue weighted by Gasteiger charge is 2.29. The highest BCUT2D eigenvalue weighted by molar-refractivity contribution is 5.93. The second-order valence-electron chi connectivity index (χ2n) is 6.78. The molecule has 2 aromatic heterocycles. The number of rotatable bonds is 8. The minimum Gasteiger partial charge on any atom is -0.372 e. The van der Waals surface area contributed by atoms with Crippen molar-refractivity contribution in [1.82, 2.24) is 20.3 Å². The van der Waals surface area contributed by atoms with Crippen LogP contribution in [-0.4, -0.2) is 45.8 Å². The van der Waals surface area contributed by atoms with Crippen LogP contribution in [0.5, 0.6) is 0 Å². The average molecular weight is 415 g/mol. The number of hydrogen-bond acceptors (Lipinski definition) is 7. The first-order chi connectivity index (χ1) is 14.4. The zero-order valence-electron chi connectivity index (χ0n) is 16.0. The van der Waals surface area contributed by atoms with E-state index >= 15 is 0 Å². The first kappa shape index (κ1) is 21.0. The third kappa shape index (κ3) is 5.44. The normalized spacial score (nSPS) is 14.0. The first-order valence-electron chi connectivity index (χ1n) is 9.23. The Kier molecular flexibility index (Phi) is 6.46. The zero-order chi connectivity index (χ0) is 21.7. The summed E-state index contributed by atoms with van der Waals surface area (Å²) in [6.45, 7) is 0.721. The summed E-state index contributed by atoms with van der Waals surface area (Å²) < 4.78 is 24.5. The van der Waals surface area contributed by atoms with Crippen molar-refractivity contribution in [2.45, 2.75) is 32.2 Å². The molecule has 1 unspecified atom stereocenters. The maximum atomic E-state index is 12.3. The van der Waals surface area contributed by atoms with Crippen LogP contribution in [0.15, 0.2) is 24.7 Å². The Morgan fingerprint density at radius 1 is 1.23 bits per heavy atom. The quantitative estimate of drug-likeness (QED) is 0.600. The summed E-state index contributed by atoms with van der Waals surface area (Å²) in [4.78, 5) is 36.2. The van der Waals surface area contributed by atoms with Gasteiger partial charge in [0.1, 0.15) is 12.1 Å². The van der Waals surface area contributed by atoms with Gasteiger partial charge in [0.15, 0.2) is 11.5 Å². The monoisotopic (exact) mass is 415 g/mol. The molecule has 1 fully saturated rings. The highest BCUT2D eigenvalue weighted by Crippen LogP contribution is 2.30. The van der Waals surface area contributed by atoms with E-state index in [-0.39, 0.29) is 23.2 Å². The fourth-order valence-electron chi connectivity index (χ4n) is 2.55. The van der Waals surface area contributed by atoms with Crippen molar-refractivity contribution < 1.29 is 18.4 Å². The molecule has 1 saturated carbocycles. The Bertz CT molecular complexity index is 972. The van der Waals surface area contributed by atoms with Gasteiger partial charge in [-0.1, -0.05) is 0 Å². The van der Waals surface area contributed by atoms with Gasteiger partial charge in [0, 0.05) is 17.7 Å². The van der Waals surface area contributed by atoms with Gasteiger partial charge in [-0.3, -0.25) is 14.6 Å². The maximum absolute atomic E-state index is 12.3. The number of pyridine rings is 1. The van der Waals surface area contributed by atoms with Crippen molar-refractivity contribution in [3.05, 3.63) is 30.4 Å². The number of carbonyl (C=O) groups excluding carboxylic acids is 2. The Balaban J connectivity index is 1.72. The molecule has 0 aliphatic heterocycles. The molecule has 3 rings (SSSR count). The predicted molar refractivity (Wildman–Crippen MR) is 103 cm³/mol. The molecule has 0 spiro atoms.